The fraction of sp³-hybridized carbons (Fsp3) is 0.304. The number of hydrogen-bond donors (Lipinski definition) is 1. The summed E-state index contributed by atoms with van der Waals surface area (Å²) in [5.41, 5.74) is 3.96. The SMILES string of the molecule is CCOC(=O)c1ccc(NC(=O)C2CC(=O)N(C)C(=Nc3ccc(C)c(C)c3)S2)cc1. The zero-order chi connectivity index (χ0) is 22.5. The molecule has 2 aromatic rings. The fourth-order valence-electron chi connectivity index (χ4n) is 2.93. The van der Waals surface area contributed by atoms with E-state index in [1.54, 1.807) is 38.2 Å². The smallest absolute Gasteiger partial charge is 0.338 e. The monoisotopic (exact) mass is 439 g/mol. The molecule has 2 aromatic carbocycles. The molecular weight excluding hydrogens is 414 g/mol. The van der Waals surface area contributed by atoms with Gasteiger partial charge >= 0.3 is 5.97 Å². The summed E-state index contributed by atoms with van der Waals surface area (Å²) in [7, 11) is 1.66. The zero-order valence-electron chi connectivity index (χ0n) is 18.0. The lowest BCUT2D eigenvalue weighted by Gasteiger charge is -2.28. The molecule has 1 atom stereocenters. The number of aliphatic imine (C=N–C) groups is 1. The summed E-state index contributed by atoms with van der Waals surface area (Å²) in [6, 6.07) is 12.3. The second-order valence-electron chi connectivity index (χ2n) is 7.21. The van der Waals surface area contributed by atoms with Crippen LogP contribution in [0.1, 0.15) is 34.8 Å². The molecule has 0 radical (unpaired) electrons. The van der Waals surface area contributed by atoms with E-state index in [2.05, 4.69) is 10.3 Å². The van der Waals surface area contributed by atoms with Crippen molar-refractivity contribution in [2.75, 3.05) is 19.0 Å². The van der Waals surface area contributed by atoms with Crippen LogP contribution in [-0.2, 0) is 14.3 Å². The summed E-state index contributed by atoms with van der Waals surface area (Å²) in [4.78, 5) is 43.1. The van der Waals surface area contributed by atoms with Crippen LogP contribution in [0.2, 0.25) is 0 Å². The van der Waals surface area contributed by atoms with Crippen molar-refractivity contribution in [2.45, 2.75) is 32.4 Å². The van der Waals surface area contributed by atoms with E-state index in [1.165, 1.54) is 16.7 Å². The molecule has 1 aliphatic rings. The lowest BCUT2D eigenvalue weighted by Crippen LogP contribution is -2.43. The van der Waals surface area contributed by atoms with Gasteiger partial charge in [-0.05, 0) is 68.3 Å². The van der Waals surface area contributed by atoms with Crippen molar-refractivity contribution in [1.82, 2.24) is 4.90 Å². The number of ether oxygens (including phenoxy) is 1. The molecule has 1 aliphatic heterocycles. The molecule has 1 unspecified atom stereocenters. The number of thioether (sulfide) groups is 1. The minimum atomic E-state index is -0.598. The Morgan fingerprint density at radius 2 is 1.87 bits per heavy atom. The summed E-state index contributed by atoms with van der Waals surface area (Å²) >= 11 is 1.26. The van der Waals surface area contributed by atoms with Crippen LogP contribution in [0.3, 0.4) is 0 Å². The maximum atomic E-state index is 12.8. The Hall–Kier alpha value is -3.13. The summed E-state index contributed by atoms with van der Waals surface area (Å²) in [6.07, 6.45) is 0.0832. The molecule has 0 aliphatic carbocycles. The molecule has 0 bridgehead atoms. The number of carbonyl (C=O) groups is 3. The Morgan fingerprint density at radius 1 is 1.16 bits per heavy atom. The van der Waals surface area contributed by atoms with E-state index in [0.717, 1.165) is 16.8 Å². The van der Waals surface area contributed by atoms with Crippen molar-refractivity contribution in [3.8, 4) is 0 Å². The third-order valence-corrected chi connectivity index (χ3v) is 6.18. The van der Waals surface area contributed by atoms with Crippen molar-refractivity contribution in [3.05, 3.63) is 59.2 Å². The Morgan fingerprint density at radius 3 is 2.52 bits per heavy atom. The molecule has 1 fully saturated rings. The predicted octanol–water partition coefficient (Wildman–Crippen LogP) is 4.07. The largest absolute Gasteiger partial charge is 0.462 e. The average molecular weight is 440 g/mol. The number of amidine groups is 1. The maximum absolute atomic E-state index is 12.8. The van der Waals surface area contributed by atoms with Crippen molar-refractivity contribution < 1.29 is 19.1 Å². The normalized spacial score (nSPS) is 17.5. The molecule has 0 spiro atoms. The van der Waals surface area contributed by atoms with Crippen molar-refractivity contribution in [1.29, 1.82) is 0 Å². The number of amides is 2. The number of anilines is 1. The second kappa shape index (κ2) is 9.78. The van der Waals surface area contributed by atoms with E-state index in [4.69, 9.17) is 4.74 Å². The highest BCUT2D eigenvalue weighted by atomic mass is 32.2. The van der Waals surface area contributed by atoms with Gasteiger partial charge in [0, 0.05) is 19.2 Å². The average Bonchev–Trinajstić information content (AvgIpc) is 2.74. The van der Waals surface area contributed by atoms with Crippen molar-refractivity contribution >= 4 is 46.1 Å². The van der Waals surface area contributed by atoms with Crippen LogP contribution in [0, 0.1) is 13.8 Å². The maximum Gasteiger partial charge on any atom is 0.338 e. The quantitative estimate of drug-likeness (QED) is 0.710. The van der Waals surface area contributed by atoms with Gasteiger partial charge in [0.15, 0.2) is 5.17 Å². The number of hydrogen-bond acceptors (Lipinski definition) is 6. The Balaban J connectivity index is 1.72. The van der Waals surface area contributed by atoms with Gasteiger partial charge in [0.1, 0.15) is 5.25 Å². The second-order valence-corrected chi connectivity index (χ2v) is 8.38. The molecule has 1 N–H and O–H groups in total. The number of aryl methyl sites for hydroxylation is 2. The van der Waals surface area contributed by atoms with Gasteiger partial charge in [-0.3, -0.25) is 14.5 Å². The summed E-state index contributed by atoms with van der Waals surface area (Å²) in [5, 5.41) is 2.69. The number of nitrogens with one attached hydrogen (secondary N) is 1. The minimum Gasteiger partial charge on any atom is -0.462 e. The number of rotatable bonds is 5. The van der Waals surface area contributed by atoms with Gasteiger partial charge in [-0.1, -0.05) is 17.8 Å². The number of benzene rings is 2. The van der Waals surface area contributed by atoms with Gasteiger partial charge in [-0.2, -0.15) is 0 Å². The molecule has 2 amide bonds. The first-order chi connectivity index (χ1) is 14.8. The summed E-state index contributed by atoms with van der Waals surface area (Å²) in [5.74, 6) is -0.869. The van der Waals surface area contributed by atoms with Crippen LogP contribution < -0.4 is 5.32 Å². The predicted molar refractivity (Wildman–Crippen MR) is 123 cm³/mol. The van der Waals surface area contributed by atoms with Crippen molar-refractivity contribution in [2.24, 2.45) is 4.99 Å². The molecule has 1 saturated heterocycles. The first kappa shape index (κ1) is 22.6. The summed E-state index contributed by atoms with van der Waals surface area (Å²) in [6.45, 7) is 6.07. The highest BCUT2D eigenvalue weighted by Gasteiger charge is 2.34. The molecule has 3 rings (SSSR count). The van der Waals surface area contributed by atoms with Crippen molar-refractivity contribution in [3.63, 3.8) is 0 Å². The molecule has 0 aromatic heterocycles. The lowest BCUT2D eigenvalue weighted by molar-refractivity contribution is -0.128. The number of nitrogens with zero attached hydrogens (tertiary/aromatic N) is 2. The lowest BCUT2D eigenvalue weighted by atomic mass is 10.1. The number of esters is 1. The Labute approximate surface area is 185 Å². The Bertz CT molecular complexity index is 1030. The molecule has 0 saturated carbocycles. The van der Waals surface area contributed by atoms with Crippen LogP contribution >= 0.6 is 11.8 Å². The highest BCUT2D eigenvalue weighted by molar-refractivity contribution is 8.15. The molecule has 7 nitrogen and oxygen atoms in total. The van der Waals surface area contributed by atoms with E-state index in [1.807, 2.05) is 32.0 Å². The highest BCUT2D eigenvalue weighted by Crippen LogP contribution is 2.29. The standard InChI is InChI=1S/C23H25N3O4S/c1-5-30-22(29)16-7-10-17(11-8-16)24-21(28)19-13-20(27)26(4)23(31-19)25-18-9-6-14(2)15(3)12-18/h6-12,19H,5,13H2,1-4H3,(H,24,28). The molecule has 31 heavy (non-hydrogen) atoms. The molecular formula is C23H25N3O4S. The van der Waals surface area contributed by atoms with Gasteiger partial charge in [-0.15, -0.1) is 0 Å². The van der Waals surface area contributed by atoms with E-state index < -0.39 is 11.2 Å². The minimum absolute atomic E-state index is 0.0832. The first-order valence-corrected chi connectivity index (χ1v) is 10.8. The molecule has 1 heterocycles. The van der Waals surface area contributed by atoms with E-state index in [0.29, 0.717) is 23.0 Å². The first-order valence-electron chi connectivity index (χ1n) is 9.95. The molecule has 162 valence electrons. The third-order valence-electron chi connectivity index (χ3n) is 4.94. The zero-order valence-corrected chi connectivity index (χ0v) is 18.8. The molecule has 8 heteroatoms. The van der Waals surface area contributed by atoms with Gasteiger partial charge in [-0.25, -0.2) is 9.79 Å². The van der Waals surface area contributed by atoms with Crippen LogP contribution in [-0.4, -0.2) is 46.8 Å². The van der Waals surface area contributed by atoms with E-state index in [-0.39, 0.29) is 18.2 Å². The van der Waals surface area contributed by atoms with Crippen LogP contribution in [0.25, 0.3) is 0 Å². The summed E-state index contributed by atoms with van der Waals surface area (Å²) < 4.78 is 4.96. The third kappa shape index (κ3) is 5.52. The van der Waals surface area contributed by atoms with Gasteiger partial charge < -0.3 is 10.1 Å². The number of carbonyl (C=O) groups excluding carboxylic acids is 3. The van der Waals surface area contributed by atoms with Gasteiger partial charge in [0.2, 0.25) is 11.8 Å². The Kier molecular flexibility index (Phi) is 7.12. The fourth-order valence-corrected chi connectivity index (χ4v) is 3.99. The topological polar surface area (TPSA) is 88.1 Å². The van der Waals surface area contributed by atoms with Gasteiger partial charge in [0.25, 0.3) is 0 Å². The van der Waals surface area contributed by atoms with E-state index in [9.17, 15) is 14.4 Å². The van der Waals surface area contributed by atoms with Gasteiger partial charge in [0.05, 0.1) is 17.9 Å². The van der Waals surface area contributed by atoms with E-state index >= 15 is 0 Å². The van der Waals surface area contributed by atoms with Crippen LogP contribution in [0.4, 0.5) is 11.4 Å². The van der Waals surface area contributed by atoms with Crippen LogP contribution in [0.5, 0.6) is 0 Å². The van der Waals surface area contributed by atoms with Crippen LogP contribution in [0.15, 0.2) is 47.5 Å².